The van der Waals surface area contributed by atoms with Gasteiger partial charge < -0.3 is 4.74 Å². The summed E-state index contributed by atoms with van der Waals surface area (Å²) in [4.78, 5) is 11.0. The highest BCUT2D eigenvalue weighted by Gasteiger charge is 2.27. The average Bonchev–Trinajstić information content (AvgIpc) is 2.45. The maximum absolute atomic E-state index is 12.1. The SMILES string of the molecule is COC(=O)CCN(C)S(=O)(=O)NCC1Cc2ccccc21. The molecule has 2 rings (SSSR count). The Morgan fingerprint density at radius 1 is 1.43 bits per heavy atom. The number of nitrogens with one attached hydrogen (secondary N) is 1. The predicted molar refractivity (Wildman–Crippen MR) is 79.1 cm³/mol. The van der Waals surface area contributed by atoms with Gasteiger partial charge in [-0.05, 0) is 17.5 Å². The number of methoxy groups -OCH3 is 1. The molecule has 1 aliphatic carbocycles. The number of carbonyl (C=O) groups excluding carboxylic acids is 1. The molecule has 0 bridgehead atoms. The van der Waals surface area contributed by atoms with E-state index in [1.54, 1.807) is 0 Å². The summed E-state index contributed by atoms with van der Waals surface area (Å²) in [5, 5.41) is 0. The predicted octanol–water partition coefficient (Wildman–Crippen LogP) is 0.656. The van der Waals surface area contributed by atoms with Crippen molar-refractivity contribution in [2.75, 3.05) is 27.2 Å². The van der Waals surface area contributed by atoms with Gasteiger partial charge in [-0.1, -0.05) is 24.3 Å². The zero-order chi connectivity index (χ0) is 15.5. The topological polar surface area (TPSA) is 75.7 Å². The van der Waals surface area contributed by atoms with Gasteiger partial charge in [0.25, 0.3) is 10.2 Å². The van der Waals surface area contributed by atoms with Crippen LogP contribution in [-0.4, -0.2) is 45.9 Å². The van der Waals surface area contributed by atoms with Gasteiger partial charge in [0.15, 0.2) is 0 Å². The van der Waals surface area contributed by atoms with Gasteiger partial charge in [0, 0.05) is 26.1 Å². The first-order valence-electron chi connectivity index (χ1n) is 6.79. The minimum atomic E-state index is -3.56. The molecule has 1 atom stereocenters. The van der Waals surface area contributed by atoms with Crippen LogP contribution in [0.4, 0.5) is 0 Å². The second-order valence-corrected chi connectivity index (χ2v) is 6.96. The van der Waals surface area contributed by atoms with Crippen LogP contribution in [0.2, 0.25) is 0 Å². The summed E-state index contributed by atoms with van der Waals surface area (Å²) in [5.74, 6) is -0.199. The molecule has 0 fully saturated rings. The van der Waals surface area contributed by atoms with E-state index in [9.17, 15) is 13.2 Å². The van der Waals surface area contributed by atoms with Crippen LogP contribution in [0.5, 0.6) is 0 Å². The minimum absolute atomic E-state index is 0.0418. The van der Waals surface area contributed by atoms with Crippen LogP contribution in [0.25, 0.3) is 0 Å². The Kier molecular flexibility index (Phi) is 4.97. The second-order valence-electron chi connectivity index (χ2n) is 5.10. The number of benzene rings is 1. The Morgan fingerprint density at radius 2 is 2.14 bits per heavy atom. The van der Waals surface area contributed by atoms with Gasteiger partial charge >= 0.3 is 5.97 Å². The van der Waals surface area contributed by atoms with E-state index in [-0.39, 0.29) is 18.9 Å². The van der Waals surface area contributed by atoms with E-state index in [1.807, 2.05) is 18.2 Å². The van der Waals surface area contributed by atoms with Crippen LogP contribution < -0.4 is 4.72 Å². The maximum atomic E-state index is 12.1. The lowest BCUT2D eigenvalue weighted by Crippen LogP contribution is -2.42. The fourth-order valence-corrected chi connectivity index (χ4v) is 3.30. The molecule has 1 aliphatic rings. The maximum Gasteiger partial charge on any atom is 0.306 e. The first-order chi connectivity index (χ1) is 9.94. The molecule has 0 saturated carbocycles. The molecular formula is C14H20N2O4S. The van der Waals surface area contributed by atoms with Crippen LogP contribution in [0, 0.1) is 0 Å². The quantitative estimate of drug-likeness (QED) is 0.750. The standard InChI is InChI=1S/C14H20N2O4S/c1-16(8-7-14(17)20-2)21(18,19)15-10-12-9-11-5-3-4-6-13(11)12/h3-6,12,15H,7-10H2,1-2H3. The summed E-state index contributed by atoms with van der Waals surface area (Å²) in [6.45, 7) is 0.477. The number of fused-ring (bicyclic) bond motifs is 1. The molecule has 21 heavy (non-hydrogen) atoms. The number of nitrogens with zero attached hydrogens (tertiary/aromatic N) is 1. The van der Waals surface area contributed by atoms with Crippen molar-refractivity contribution in [3.63, 3.8) is 0 Å². The van der Waals surface area contributed by atoms with Crippen molar-refractivity contribution in [2.45, 2.75) is 18.8 Å². The molecule has 0 aromatic heterocycles. The Bertz CT molecular complexity index is 615. The van der Waals surface area contributed by atoms with Gasteiger partial charge in [0.1, 0.15) is 0 Å². The van der Waals surface area contributed by atoms with Crippen molar-refractivity contribution < 1.29 is 17.9 Å². The molecule has 0 heterocycles. The first-order valence-corrected chi connectivity index (χ1v) is 8.23. The number of hydrogen-bond acceptors (Lipinski definition) is 4. The van der Waals surface area contributed by atoms with Gasteiger partial charge in [0.2, 0.25) is 0 Å². The Hall–Kier alpha value is -1.44. The monoisotopic (exact) mass is 312 g/mol. The van der Waals surface area contributed by atoms with Gasteiger partial charge in [-0.15, -0.1) is 0 Å². The van der Waals surface area contributed by atoms with Gasteiger partial charge in [-0.25, -0.2) is 4.72 Å². The fraction of sp³-hybridized carbons (Fsp3) is 0.500. The molecule has 1 aromatic rings. The number of esters is 1. The third-order valence-corrected chi connectivity index (χ3v) is 5.28. The molecule has 116 valence electrons. The Labute approximate surface area is 125 Å². The van der Waals surface area contributed by atoms with Gasteiger partial charge in [-0.3, -0.25) is 4.79 Å². The summed E-state index contributed by atoms with van der Waals surface area (Å²) in [6, 6.07) is 8.03. The summed E-state index contributed by atoms with van der Waals surface area (Å²) < 4.78 is 32.3. The number of hydrogen-bond donors (Lipinski definition) is 1. The molecule has 0 radical (unpaired) electrons. The van der Waals surface area contributed by atoms with Crippen LogP contribution in [0.1, 0.15) is 23.5 Å². The molecule has 7 heteroatoms. The van der Waals surface area contributed by atoms with E-state index in [1.165, 1.54) is 25.3 Å². The van der Waals surface area contributed by atoms with Gasteiger partial charge in [-0.2, -0.15) is 12.7 Å². The van der Waals surface area contributed by atoms with E-state index >= 15 is 0 Å². The smallest absolute Gasteiger partial charge is 0.306 e. The molecule has 1 N–H and O–H groups in total. The average molecular weight is 312 g/mol. The van der Waals surface area contributed by atoms with Gasteiger partial charge in [0.05, 0.1) is 13.5 Å². The minimum Gasteiger partial charge on any atom is -0.469 e. The third-order valence-electron chi connectivity index (χ3n) is 3.74. The van der Waals surface area contributed by atoms with E-state index < -0.39 is 16.2 Å². The summed E-state index contributed by atoms with van der Waals surface area (Å²) >= 11 is 0. The van der Waals surface area contributed by atoms with E-state index in [0.717, 1.165) is 10.7 Å². The lowest BCUT2D eigenvalue weighted by Gasteiger charge is -2.30. The molecule has 1 unspecified atom stereocenters. The van der Waals surface area contributed by atoms with Crippen LogP contribution >= 0.6 is 0 Å². The Balaban J connectivity index is 1.83. The summed E-state index contributed by atoms with van der Waals surface area (Å²) in [7, 11) is -0.837. The normalized spacial score (nSPS) is 17.2. The highest BCUT2D eigenvalue weighted by atomic mass is 32.2. The van der Waals surface area contributed by atoms with E-state index in [2.05, 4.69) is 15.5 Å². The highest BCUT2D eigenvalue weighted by molar-refractivity contribution is 7.87. The molecule has 0 amide bonds. The zero-order valence-electron chi connectivity index (χ0n) is 12.2. The summed E-state index contributed by atoms with van der Waals surface area (Å²) in [5.41, 5.74) is 2.48. The summed E-state index contributed by atoms with van der Waals surface area (Å²) in [6.07, 6.45) is 0.935. The van der Waals surface area contributed by atoms with Crippen molar-refractivity contribution in [3.05, 3.63) is 35.4 Å². The molecule has 1 aromatic carbocycles. The fourth-order valence-electron chi connectivity index (χ4n) is 2.33. The van der Waals surface area contributed by atoms with E-state index in [4.69, 9.17) is 0 Å². The van der Waals surface area contributed by atoms with Crippen molar-refractivity contribution in [1.29, 1.82) is 0 Å². The molecular weight excluding hydrogens is 292 g/mol. The zero-order valence-corrected chi connectivity index (χ0v) is 13.0. The lowest BCUT2D eigenvalue weighted by molar-refractivity contribution is -0.140. The van der Waals surface area contributed by atoms with Crippen molar-refractivity contribution in [1.82, 2.24) is 9.03 Å². The third kappa shape index (κ3) is 3.81. The van der Waals surface area contributed by atoms with Crippen molar-refractivity contribution >= 4 is 16.2 Å². The van der Waals surface area contributed by atoms with E-state index in [0.29, 0.717) is 6.54 Å². The molecule has 0 aliphatic heterocycles. The first kappa shape index (κ1) is 15.9. The highest BCUT2D eigenvalue weighted by Crippen LogP contribution is 2.34. The number of rotatable bonds is 7. The number of ether oxygens (including phenoxy) is 1. The molecule has 0 saturated heterocycles. The lowest BCUT2D eigenvalue weighted by atomic mass is 9.78. The largest absolute Gasteiger partial charge is 0.469 e. The van der Waals surface area contributed by atoms with Crippen molar-refractivity contribution in [3.8, 4) is 0 Å². The Morgan fingerprint density at radius 3 is 2.81 bits per heavy atom. The molecule has 6 nitrogen and oxygen atoms in total. The number of carbonyl (C=O) groups is 1. The molecule has 0 spiro atoms. The second kappa shape index (κ2) is 6.55. The van der Waals surface area contributed by atoms with Crippen LogP contribution in [0.15, 0.2) is 24.3 Å². The van der Waals surface area contributed by atoms with Crippen LogP contribution in [-0.2, 0) is 26.2 Å². The van der Waals surface area contributed by atoms with Crippen molar-refractivity contribution in [2.24, 2.45) is 0 Å². The van der Waals surface area contributed by atoms with Crippen LogP contribution in [0.3, 0.4) is 0 Å².